The van der Waals surface area contributed by atoms with E-state index in [1.165, 1.54) is 47.6 Å². The monoisotopic (exact) mass is 309 g/mol. The molecule has 0 radical (unpaired) electrons. The van der Waals surface area contributed by atoms with Crippen molar-refractivity contribution in [3.05, 3.63) is 35.4 Å². The zero-order chi connectivity index (χ0) is 14.2. The largest absolute Gasteiger partial charge is 0.309 e. The maximum atomic E-state index is 3.79. The molecule has 0 bridgehead atoms. The molecular formula is C17H27NS2. The summed E-state index contributed by atoms with van der Waals surface area (Å²) >= 11 is 4.27. The van der Waals surface area contributed by atoms with E-state index in [4.69, 9.17) is 0 Å². The Hall–Kier alpha value is -0.120. The number of benzene rings is 1. The summed E-state index contributed by atoms with van der Waals surface area (Å²) in [6.45, 7) is 5.62. The van der Waals surface area contributed by atoms with Gasteiger partial charge in [-0.2, -0.15) is 23.5 Å². The molecule has 20 heavy (non-hydrogen) atoms. The van der Waals surface area contributed by atoms with Crippen molar-refractivity contribution in [2.45, 2.75) is 44.4 Å². The van der Waals surface area contributed by atoms with Gasteiger partial charge in [0.25, 0.3) is 0 Å². The maximum absolute atomic E-state index is 3.79. The van der Waals surface area contributed by atoms with Gasteiger partial charge in [-0.05, 0) is 30.5 Å². The zero-order valence-electron chi connectivity index (χ0n) is 12.7. The van der Waals surface area contributed by atoms with Crippen LogP contribution in [0.4, 0.5) is 0 Å². The van der Waals surface area contributed by atoms with Crippen LogP contribution in [0.15, 0.2) is 24.3 Å². The van der Waals surface area contributed by atoms with E-state index in [1.54, 1.807) is 0 Å². The Labute approximate surface area is 132 Å². The first-order valence-electron chi connectivity index (χ1n) is 7.86. The number of rotatable bonds is 7. The molecule has 1 nitrogen and oxygen atoms in total. The van der Waals surface area contributed by atoms with Gasteiger partial charge in [-0.15, -0.1) is 0 Å². The Kier molecular flexibility index (Phi) is 7.32. The molecule has 2 rings (SSSR count). The van der Waals surface area contributed by atoms with E-state index in [9.17, 15) is 0 Å². The number of hydrogen-bond donors (Lipinski definition) is 1. The molecule has 0 aliphatic carbocycles. The molecular weight excluding hydrogens is 282 g/mol. The predicted molar refractivity (Wildman–Crippen MR) is 95.0 cm³/mol. The molecule has 1 aromatic rings. The predicted octanol–water partition coefficient (Wildman–Crippen LogP) is 4.53. The van der Waals surface area contributed by atoms with Crippen LogP contribution in [-0.2, 0) is 6.42 Å². The quantitative estimate of drug-likeness (QED) is 0.795. The van der Waals surface area contributed by atoms with Crippen molar-refractivity contribution in [2.24, 2.45) is 0 Å². The molecule has 112 valence electrons. The number of aryl methyl sites for hydroxylation is 1. The highest BCUT2D eigenvalue weighted by Crippen LogP contribution is 2.34. The molecule has 1 aliphatic heterocycles. The third kappa shape index (κ3) is 4.71. The summed E-state index contributed by atoms with van der Waals surface area (Å²) in [4.78, 5) is 0. The first-order valence-corrected chi connectivity index (χ1v) is 10.1. The second-order valence-corrected chi connectivity index (χ2v) is 7.91. The molecule has 2 atom stereocenters. The average Bonchev–Trinajstić information content (AvgIpc) is 2.50. The average molecular weight is 310 g/mol. The van der Waals surface area contributed by atoms with E-state index in [0.717, 1.165) is 11.8 Å². The fourth-order valence-electron chi connectivity index (χ4n) is 2.69. The fraction of sp³-hybridized carbons (Fsp3) is 0.647. The first kappa shape index (κ1) is 16.3. The lowest BCUT2D eigenvalue weighted by Gasteiger charge is -2.31. The molecule has 0 aromatic heterocycles. The van der Waals surface area contributed by atoms with Crippen molar-refractivity contribution in [1.82, 2.24) is 5.32 Å². The van der Waals surface area contributed by atoms with Crippen LogP contribution < -0.4 is 5.32 Å². The Bertz CT molecular complexity index is 388. The van der Waals surface area contributed by atoms with Crippen molar-refractivity contribution in [1.29, 1.82) is 0 Å². The van der Waals surface area contributed by atoms with Crippen molar-refractivity contribution in [3.8, 4) is 0 Å². The molecule has 0 saturated carbocycles. The number of thioether (sulfide) groups is 2. The van der Waals surface area contributed by atoms with E-state index in [0.29, 0.717) is 6.04 Å². The topological polar surface area (TPSA) is 12.0 Å². The van der Waals surface area contributed by atoms with Gasteiger partial charge in [0.1, 0.15) is 0 Å². The number of hydrogen-bond acceptors (Lipinski definition) is 3. The van der Waals surface area contributed by atoms with Crippen LogP contribution in [0.2, 0.25) is 0 Å². The fourth-order valence-corrected chi connectivity index (χ4v) is 5.56. The SMILES string of the molecule is CCCNC(c1cccc(CCC)c1)C1CSCCS1. The minimum absolute atomic E-state index is 0.518. The second kappa shape index (κ2) is 9.01. The van der Waals surface area contributed by atoms with E-state index in [-0.39, 0.29) is 0 Å². The highest BCUT2D eigenvalue weighted by molar-refractivity contribution is 8.06. The minimum Gasteiger partial charge on any atom is -0.309 e. The number of nitrogens with one attached hydrogen (secondary N) is 1. The van der Waals surface area contributed by atoms with E-state index < -0.39 is 0 Å². The Morgan fingerprint density at radius 2 is 2.15 bits per heavy atom. The molecule has 1 aromatic carbocycles. The summed E-state index contributed by atoms with van der Waals surface area (Å²) in [5.41, 5.74) is 2.98. The summed E-state index contributed by atoms with van der Waals surface area (Å²) < 4.78 is 0. The second-order valence-electron chi connectivity index (χ2n) is 5.41. The van der Waals surface area contributed by atoms with Crippen LogP contribution in [0.3, 0.4) is 0 Å². The van der Waals surface area contributed by atoms with Crippen LogP contribution in [0.25, 0.3) is 0 Å². The zero-order valence-corrected chi connectivity index (χ0v) is 14.4. The Morgan fingerprint density at radius 1 is 1.25 bits per heavy atom. The third-order valence-corrected chi connectivity index (χ3v) is 6.54. The molecule has 0 amide bonds. The van der Waals surface area contributed by atoms with Crippen molar-refractivity contribution >= 4 is 23.5 Å². The smallest absolute Gasteiger partial charge is 0.0448 e. The van der Waals surface area contributed by atoms with E-state index in [2.05, 4.69) is 67.0 Å². The Morgan fingerprint density at radius 3 is 2.85 bits per heavy atom. The first-order chi connectivity index (χ1) is 9.85. The van der Waals surface area contributed by atoms with Gasteiger partial charge in [0, 0.05) is 28.6 Å². The summed E-state index contributed by atoms with van der Waals surface area (Å²) in [6.07, 6.45) is 3.63. The van der Waals surface area contributed by atoms with Gasteiger partial charge in [0.05, 0.1) is 0 Å². The Balaban J connectivity index is 2.13. The van der Waals surface area contributed by atoms with Crippen molar-refractivity contribution in [3.63, 3.8) is 0 Å². The molecule has 1 fully saturated rings. The lowest BCUT2D eigenvalue weighted by atomic mass is 9.99. The van der Waals surface area contributed by atoms with Crippen molar-refractivity contribution < 1.29 is 0 Å². The summed E-state index contributed by atoms with van der Waals surface area (Å²) in [5, 5.41) is 4.51. The molecule has 1 aliphatic rings. The van der Waals surface area contributed by atoms with Crippen molar-refractivity contribution in [2.75, 3.05) is 23.8 Å². The van der Waals surface area contributed by atoms with Crippen LogP contribution in [0.5, 0.6) is 0 Å². The normalized spacial score (nSPS) is 20.8. The van der Waals surface area contributed by atoms with Gasteiger partial charge >= 0.3 is 0 Å². The van der Waals surface area contributed by atoms with Crippen LogP contribution in [-0.4, -0.2) is 29.1 Å². The molecule has 0 spiro atoms. The van der Waals surface area contributed by atoms with Gasteiger partial charge in [0.15, 0.2) is 0 Å². The lowest BCUT2D eigenvalue weighted by molar-refractivity contribution is 0.529. The highest BCUT2D eigenvalue weighted by atomic mass is 32.2. The molecule has 1 saturated heterocycles. The van der Waals surface area contributed by atoms with Gasteiger partial charge in [0.2, 0.25) is 0 Å². The van der Waals surface area contributed by atoms with Gasteiger partial charge < -0.3 is 5.32 Å². The van der Waals surface area contributed by atoms with Gasteiger partial charge in [-0.1, -0.05) is 44.5 Å². The third-order valence-electron chi connectivity index (χ3n) is 3.68. The summed E-state index contributed by atoms with van der Waals surface area (Å²) in [5.74, 6) is 3.90. The molecule has 3 heteroatoms. The van der Waals surface area contributed by atoms with E-state index >= 15 is 0 Å². The lowest BCUT2D eigenvalue weighted by Crippen LogP contribution is -2.34. The molecule has 1 heterocycles. The van der Waals surface area contributed by atoms with Gasteiger partial charge in [-0.3, -0.25) is 0 Å². The van der Waals surface area contributed by atoms with Crippen LogP contribution in [0, 0.1) is 0 Å². The summed E-state index contributed by atoms with van der Waals surface area (Å²) in [7, 11) is 0. The standard InChI is InChI=1S/C17H27NS2/c1-3-6-14-7-5-8-15(12-14)17(18-9-4-2)16-13-19-10-11-20-16/h5,7-8,12,16-18H,3-4,6,9-11,13H2,1-2H3. The summed E-state index contributed by atoms with van der Waals surface area (Å²) in [6, 6.07) is 9.77. The highest BCUT2D eigenvalue weighted by Gasteiger charge is 2.25. The minimum atomic E-state index is 0.518. The molecule has 1 N–H and O–H groups in total. The van der Waals surface area contributed by atoms with Gasteiger partial charge in [-0.25, -0.2) is 0 Å². The maximum Gasteiger partial charge on any atom is 0.0448 e. The van der Waals surface area contributed by atoms with E-state index in [1.807, 2.05) is 0 Å². The van der Waals surface area contributed by atoms with Crippen LogP contribution >= 0.6 is 23.5 Å². The molecule has 2 unspecified atom stereocenters. The van der Waals surface area contributed by atoms with Crippen LogP contribution in [0.1, 0.15) is 43.9 Å².